The van der Waals surface area contributed by atoms with Crippen LogP contribution in [0.2, 0.25) is 0 Å². The van der Waals surface area contributed by atoms with Crippen LogP contribution >= 0.6 is 0 Å². The molecule has 3 heteroatoms. The molecule has 2 unspecified atom stereocenters. The first-order chi connectivity index (χ1) is 8.07. The molecule has 17 heavy (non-hydrogen) atoms. The van der Waals surface area contributed by atoms with Crippen LogP contribution in [0.4, 0.5) is 8.78 Å². The topological polar surface area (TPSA) is 20.2 Å². The van der Waals surface area contributed by atoms with E-state index in [1.165, 1.54) is 32.1 Å². The number of aliphatic hydroxyl groups is 1. The van der Waals surface area contributed by atoms with Crippen molar-refractivity contribution in [2.24, 2.45) is 11.8 Å². The van der Waals surface area contributed by atoms with Gasteiger partial charge in [0.2, 0.25) is 5.92 Å². The van der Waals surface area contributed by atoms with Crippen molar-refractivity contribution < 1.29 is 13.9 Å². The van der Waals surface area contributed by atoms with Gasteiger partial charge in [-0.25, -0.2) is 8.78 Å². The van der Waals surface area contributed by atoms with Crippen molar-refractivity contribution in [3.8, 4) is 0 Å². The van der Waals surface area contributed by atoms with Gasteiger partial charge in [-0.3, -0.25) is 0 Å². The van der Waals surface area contributed by atoms with E-state index < -0.39 is 12.0 Å². The van der Waals surface area contributed by atoms with Gasteiger partial charge in [0.05, 0.1) is 6.10 Å². The van der Waals surface area contributed by atoms with Gasteiger partial charge in [0.1, 0.15) is 0 Å². The number of alkyl halides is 2. The molecule has 0 spiro atoms. The fourth-order valence-corrected chi connectivity index (χ4v) is 3.50. The Morgan fingerprint density at radius 2 is 1.76 bits per heavy atom. The summed E-state index contributed by atoms with van der Waals surface area (Å²) in [6, 6.07) is 0. The normalized spacial score (nSPS) is 32.3. The van der Waals surface area contributed by atoms with E-state index in [9.17, 15) is 13.9 Å². The third-order valence-corrected chi connectivity index (χ3v) is 4.52. The molecule has 0 aromatic heterocycles. The third kappa shape index (κ3) is 3.90. The van der Waals surface area contributed by atoms with Gasteiger partial charge < -0.3 is 5.11 Å². The maximum atomic E-state index is 13.3. The van der Waals surface area contributed by atoms with E-state index in [1.54, 1.807) is 0 Å². The molecule has 1 nitrogen and oxygen atoms in total. The summed E-state index contributed by atoms with van der Waals surface area (Å²) in [7, 11) is 0. The number of rotatable bonds is 3. The van der Waals surface area contributed by atoms with Gasteiger partial charge in [0.25, 0.3) is 0 Å². The highest BCUT2D eigenvalue weighted by molar-refractivity contribution is 4.84. The molecule has 0 aliphatic heterocycles. The molecule has 0 bridgehead atoms. The second kappa shape index (κ2) is 5.64. The molecule has 0 saturated heterocycles. The van der Waals surface area contributed by atoms with Crippen LogP contribution in [0, 0.1) is 11.8 Å². The molecule has 0 radical (unpaired) electrons. The molecule has 2 rings (SSSR count). The van der Waals surface area contributed by atoms with Gasteiger partial charge in [-0.15, -0.1) is 0 Å². The van der Waals surface area contributed by atoms with E-state index in [4.69, 9.17) is 0 Å². The number of halogens is 2. The van der Waals surface area contributed by atoms with Crippen LogP contribution in [0.3, 0.4) is 0 Å². The van der Waals surface area contributed by atoms with Crippen LogP contribution in [0.25, 0.3) is 0 Å². The first-order valence-corrected chi connectivity index (χ1v) is 7.13. The lowest BCUT2D eigenvalue weighted by Gasteiger charge is -2.34. The Kier molecular flexibility index (Phi) is 4.40. The van der Waals surface area contributed by atoms with Crippen LogP contribution in [0.1, 0.15) is 64.2 Å². The molecule has 2 fully saturated rings. The predicted octanol–water partition coefficient (Wildman–Crippen LogP) is 4.14. The van der Waals surface area contributed by atoms with Crippen LogP contribution < -0.4 is 0 Å². The largest absolute Gasteiger partial charge is 0.393 e. The highest BCUT2D eigenvalue weighted by Gasteiger charge is 2.39. The van der Waals surface area contributed by atoms with Crippen molar-refractivity contribution >= 4 is 0 Å². The maximum absolute atomic E-state index is 13.3. The van der Waals surface area contributed by atoms with E-state index in [1.807, 2.05) is 0 Å². The van der Waals surface area contributed by atoms with Gasteiger partial charge in [0.15, 0.2) is 0 Å². The Morgan fingerprint density at radius 3 is 2.41 bits per heavy atom. The smallest absolute Gasteiger partial charge is 0.248 e. The average molecular weight is 246 g/mol. The monoisotopic (exact) mass is 246 g/mol. The minimum absolute atomic E-state index is 0.0135. The minimum Gasteiger partial charge on any atom is -0.393 e. The molecule has 2 saturated carbocycles. The zero-order chi connectivity index (χ0) is 12.3. The molecule has 2 aliphatic carbocycles. The lowest BCUT2D eigenvalue weighted by Crippen LogP contribution is -2.34. The second-order valence-corrected chi connectivity index (χ2v) is 6.02. The minimum atomic E-state index is -2.53. The van der Waals surface area contributed by atoms with Gasteiger partial charge in [-0.2, -0.15) is 0 Å². The summed E-state index contributed by atoms with van der Waals surface area (Å²) < 4.78 is 26.6. The second-order valence-electron chi connectivity index (χ2n) is 6.02. The SMILES string of the molecule is OC(CC1CCCCC1)C1CCCC(F)(F)C1. The van der Waals surface area contributed by atoms with Crippen molar-refractivity contribution in [3.05, 3.63) is 0 Å². The number of aliphatic hydroxyl groups excluding tert-OH is 1. The van der Waals surface area contributed by atoms with E-state index in [0.717, 1.165) is 12.8 Å². The van der Waals surface area contributed by atoms with Crippen LogP contribution in [-0.4, -0.2) is 17.1 Å². The third-order valence-electron chi connectivity index (χ3n) is 4.52. The first kappa shape index (κ1) is 13.3. The molecule has 1 N–H and O–H groups in total. The fourth-order valence-electron chi connectivity index (χ4n) is 3.50. The molecule has 2 atom stereocenters. The Balaban J connectivity index is 1.80. The Labute approximate surface area is 103 Å². The van der Waals surface area contributed by atoms with E-state index in [2.05, 4.69) is 0 Å². The summed E-state index contributed by atoms with van der Waals surface area (Å²) in [5.41, 5.74) is 0. The van der Waals surface area contributed by atoms with Gasteiger partial charge in [0, 0.05) is 12.8 Å². The summed E-state index contributed by atoms with van der Waals surface area (Å²) in [5, 5.41) is 10.1. The fraction of sp³-hybridized carbons (Fsp3) is 1.00. The number of hydrogen-bond donors (Lipinski definition) is 1. The van der Waals surface area contributed by atoms with Crippen LogP contribution in [0.5, 0.6) is 0 Å². The quantitative estimate of drug-likeness (QED) is 0.793. The zero-order valence-corrected chi connectivity index (χ0v) is 10.5. The molecule has 0 aromatic carbocycles. The Morgan fingerprint density at radius 1 is 1.06 bits per heavy atom. The summed E-state index contributed by atoms with van der Waals surface area (Å²) in [5.74, 6) is -2.12. The Bertz CT molecular complexity index is 236. The lowest BCUT2D eigenvalue weighted by molar-refractivity contribution is -0.0790. The van der Waals surface area contributed by atoms with Gasteiger partial charge in [-0.1, -0.05) is 32.1 Å². The van der Waals surface area contributed by atoms with E-state index in [0.29, 0.717) is 12.3 Å². The molecular formula is C14H24F2O. The molecule has 0 aromatic rings. The van der Waals surface area contributed by atoms with Gasteiger partial charge in [-0.05, 0) is 31.1 Å². The molecule has 0 heterocycles. The van der Waals surface area contributed by atoms with Crippen LogP contribution in [-0.2, 0) is 0 Å². The number of hydrogen-bond acceptors (Lipinski definition) is 1. The van der Waals surface area contributed by atoms with E-state index >= 15 is 0 Å². The summed E-state index contributed by atoms with van der Waals surface area (Å²) in [6.07, 6.45) is 7.68. The highest BCUT2D eigenvalue weighted by Crippen LogP contribution is 2.40. The molecule has 0 amide bonds. The molecule has 100 valence electrons. The van der Waals surface area contributed by atoms with Crippen molar-refractivity contribution in [2.75, 3.05) is 0 Å². The highest BCUT2D eigenvalue weighted by atomic mass is 19.3. The van der Waals surface area contributed by atoms with Crippen molar-refractivity contribution in [3.63, 3.8) is 0 Å². The van der Waals surface area contributed by atoms with Crippen molar-refractivity contribution in [1.82, 2.24) is 0 Å². The molecular weight excluding hydrogens is 222 g/mol. The summed E-state index contributed by atoms with van der Waals surface area (Å²) in [4.78, 5) is 0. The summed E-state index contributed by atoms with van der Waals surface area (Å²) in [6.45, 7) is 0. The van der Waals surface area contributed by atoms with Crippen LogP contribution in [0.15, 0.2) is 0 Å². The maximum Gasteiger partial charge on any atom is 0.248 e. The standard InChI is InChI=1S/C14H24F2O/c15-14(16)8-4-7-12(10-14)13(17)9-11-5-2-1-3-6-11/h11-13,17H,1-10H2. The molecule has 2 aliphatic rings. The summed E-state index contributed by atoms with van der Waals surface area (Å²) >= 11 is 0. The predicted molar refractivity (Wildman–Crippen MR) is 64.1 cm³/mol. The zero-order valence-electron chi connectivity index (χ0n) is 10.5. The van der Waals surface area contributed by atoms with E-state index in [-0.39, 0.29) is 18.8 Å². The Hall–Kier alpha value is -0.180. The average Bonchev–Trinajstić information content (AvgIpc) is 2.29. The van der Waals surface area contributed by atoms with Gasteiger partial charge >= 0.3 is 0 Å². The lowest BCUT2D eigenvalue weighted by atomic mass is 9.77. The van der Waals surface area contributed by atoms with Crippen molar-refractivity contribution in [2.45, 2.75) is 76.2 Å². The van der Waals surface area contributed by atoms with Crippen molar-refractivity contribution in [1.29, 1.82) is 0 Å². The first-order valence-electron chi connectivity index (χ1n) is 7.13.